The van der Waals surface area contributed by atoms with Crippen LogP contribution in [0, 0.1) is 11.3 Å². The largest absolute Gasteiger partial charge is 0.465 e. The van der Waals surface area contributed by atoms with Gasteiger partial charge in [-0.25, -0.2) is 0 Å². The number of hydrogen-bond acceptors (Lipinski definition) is 5. The maximum absolute atomic E-state index is 12.5. The highest BCUT2D eigenvalue weighted by Gasteiger charge is 2.55. The van der Waals surface area contributed by atoms with Gasteiger partial charge in [0.1, 0.15) is 5.78 Å². The summed E-state index contributed by atoms with van der Waals surface area (Å²) in [6.07, 6.45) is 3.57. The third-order valence-corrected chi connectivity index (χ3v) is 4.34. The van der Waals surface area contributed by atoms with Crippen LogP contribution in [0.25, 0.3) is 0 Å². The lowest BCUT2D eigenvalue weighted by Gasteiger charge is -2.24. The Labute approximate surface area is 144 Å². The van der Waals surface area contributed by atoms with Crippen LogP contribution < -0.4 is 0 Å². The van der Waals surface area contributed by atoms with Gasteiger partial charge in [-0.2, -0.15) is 0 Å². The maximum Gasteiger partial charge on any atom is 0.323 e. The van der Waals surface area contributed by atoms with Crippen LogP contribution in [0.2, 0.25) is 0 Å². The molecule has 0 spiro atoms. The van der Waals surface area contributed by atoms with Gasteiger partial charge in [0.25, 0.3) is 0 Å². The molecule has 1 saturated carbocycles. The Bertz CT molecular complexity index is 526. The van der Waals surface area contributed by atoms with Crippen LogP contribution in [-0.2, 0) is 23.9 Å². The lowest BCUT2D eigenvalue weighted by molar-refractivity contribution is -0.171. The third-order valence-electron chi connectivity index (χ3n) is 4.34. The molecule has 1 atom stereocenters. The van der Waals surface area contributed by atoms with Crippen molar-refractivity contribution in [1.29, 1.82) is 0 Å². The van der Waals surface area contributed by atoms with Crippen molar-refractivity contribution in [2.45, 2.75) is 53.4 Å². The lowest BCUT2D eigenvalue weighted by atomic mass is 9.84. The number of carbonyl (C=O) groups is 3. The van der Waals surface area contributed by atoms with Gasteiger partial charge >= 0.3 is 11.9 Å². The first-order valence-corrected chi connectivity index (χ1v) is 8.46. The van der Waals surface area contributed by atoms with Gasteiger partial charge in [-0.15, -0.1) is 0 Å². The summed E-state index contributed by atoms with van der Waals surface area (Å²) in [5.74, 6) is -1.04. The van der Waals surface area contributed by atoms with Crippen LogP contribution in [-0.4, -0.2) is 30.9 Å². The number of Topliss-reactive ketones (excluding diaryl/α,β-unsaturated/α-hetero) is 1. The first-order valence-electron chi connectivity index (χ1n) is 8.46. The van der Waals surface area contributed by atoms with Gasteiger partial charge in [-0.05, 0) is 47.0 Å². The molecule has 5 heteroatoms. The average molecular weight is 336 g/mol. The van der Waals surface area contributed by atoms with Crippen molar-refractivity contribution in [1.82, 2.24) is 0 Å². The Balaban J connectivity index is 3.16. The van der Waals surface area contributed by atoms with E-state index in [9.17, 15) is 14.4 Å². The van der Waals surface area contributed by atoms with Crippen molar-refractivity contribution in [3.05, 3.63) is 23.8 Å². The summed E-state index contributed by atoms with van der Waals surface area (Å²) in [4.78, 5) is 36.2. The molecular formula is C19H28O5. The molecule has 0 amide bonds. The first kappa shape index (κ1) is 20.1. The summed E-state index contributed by atoms with van der Waals surface area (Å²) >= 11 is 0. The Morgan fingerprint density at radius 2 is 1.71 bits per heavy atom. The van der Waals surface area contributed by atoms with E-state index < -0.39 is 17.4 Å². The van der Waals surface area contributed by atoms with Crippen LogP contribution in [0.3, 0.4) is 0 Å². The number of hydrogen-bond donors (Lipinski definition) is 0. The highest BCUT2D eigenvalue weighted by atomic mass is 16.6. The van der Waals surface area contributed by atoms with E-state index in [2.05, 4.69) is 6.58 Å². The van der Waals surface area contributed by atoms with Gasteiger partial charge in [-0.3, -0.25) is 9.59 Å². The normalized spacial score (nSPS) is 20.7. The molecule has 1 unspecified atom stereocenters. The maximum atomic E-state index is 12.5. The topological polar surface area (TPSA) is 69.7 Å². The molecule has 5 nitrogen and oxygen atoms in total. The van der Waals surface area contributed by atoms with Crippen LogP contribution in [0.15, 0.2) is 23.8 Å². The monoisotopic (exact) mass is 336 g/mol. The Morgan fingerprint density at radius 1 is 1.17 bits per heavy atom. The number of ketones is 1. The molecule has 1 rings (SSSR count). The fraction of sp³-hybridized carbons (Fsp3) is 0.632. The molecule has 1 aliphatic rings. The molecule has 0 heterocycles. The van der Waals surface area contributed by atoms with Crippen LogP contribution in [0.4, 0.5) is 0 Å². The second-order valence-corrected chi connectivity index (χ2v) is 6.32. The summed E-state index contributed by atoms with van der Waals surface area (Å²) in [6, 6.07) is 0. The molecule has 0 aromatic rings. The van der Waals surface area contributed by atoms with Gasteiger partial charge in [0.15, 0.2) is 5.41 Å². The summed E-state index contributed by atoms with van der Waals surface area (Å²) in [5, 5.41) is 0. The zero-order valence-corrected chi connectivity index (χ0v) is 15.1. The highest BCUT2D eigenvalue weighted by Crippen LogP contribution is 2.49. The first-order chi connectivity index (χ1) is 11.3. The van der Waals surface area contributed by atoms with Gasteiger partial charge in [0.05, 0.1) is 13.2 Å². The highest BCUT2D eigenvalue weighted by molar-refractivity contribution is 6.01. The van der Waals surface area contributed by atoms with Crippen LogP contribution >= 0.6 is 0 Å². The molecule has 0 bridgehead atoms. The number of rotatable bonds is 8. The van der Waals surface area contributed by atoms with Crippen molar-refractivity contribution in [2.75, 3.05) is 13.2 Å². The number of carbonyl (C=O) groups excluding carboxylic acids is 3. The smallest absolute Gasteiger partial charge is 0.323 e. The van der Waals surface area contributed by atoms with E-state index in [1.54, 1.807) is 20.8 Å². The molecular weight excluding hydrogens is 308 g/mol. The average Bonchev–Trinajstić information content (AvgIpc) is 2.89. The molecule has 0 aliphatic heterocycles. The molecule has 0 radical (unpaired) electrons. The summed E-state index contributed by atoms with van der Waals surface area (Å²) in [6.45, 7) is 11.3. The Hall–Kier alpha value is -1.91. The van der Waals surface area contributed by atoms with Crippen LogP contribution in [0.1, 0.15) is 53.4 Å². The van der Waals surface area contributed by atoms with Gasteiger partial charge in [0.2, 0.25) is 0 Å². The molecule has 1 aliphatic carbocycles. The van der Waals surface area contributed by atoms with Crippen molar-refractivity contribution >= 4 is 17.7 Å². The number of allylic oxidation sites excluding steroid dienone is 3. The van der Waals surface area contributed by atoms with E-state index in [0.717, 1.165) is 11.1 Å². The Kier molecular flexibility index (Phi) is 7.39. The quantitative estimate of drug-likeness (QED) is 0.386. The third kappa shape index (κ3) is 4.56. The SMILES string of the molecule is C=C(C)C1CC(C(=O)OCC)(C(=O)OCC)C/C1=C\CCC(C)=O. The summed E-state index contributed by atoms with van der Waals surface area (Å²) < 4.78 is 10.3. The number of esters is 2. The van der Waals surface area contributed by atoms with Crippen molar-refractivity contribution in [3.8, 4) is 0 Å². The Morgan fingerprint density at radius 3 is 2.12 bits per heavy atom. The van der Waals surface area contributed by atoms with Gasteiger partial charge in [0, 0.05) is 12.3 Å². The molecule has 0 aromatic heterocycles. The van der Waals surface area contributed by atoms with Crippen molar-refractivity contribution in [3.63, 3.8) is 0 Å². The fourth-order valence-corrected chi connectivity index (χ4v) is 3.12. The fourth-order valence-electron chi connectivity index (χ4n) is 3.12. The molecule has 134 valence electrons. The van der Waals surface area contributed by atoms with E-state index in [4.69, 9.17) is 9.47 Å². The number of ether oxygens (including phenoxy) is 2. The van der Waals surface area contributed by atoms with E-state index in [1.807, 2.05) is 13.0 Å². The van der Waals surface area contributed by atoms with Gasteiger partial charge < -0.3 is 14.3 Å². The summed E-state index contributed by atoms with van der Waals surface area (Å²) in [5.41, 5.74) is 0.543. The predicted octanol–water partition coefficient (Wildman–Crippen LogP) is 3.38. The van der Waals surface area contributed by atoms with E-state index >= 15 is 0 Å². The minimum absolute atomic E-state index is 0.0780. The van der Waals surface area contributed by atoms with Crippen molar-refractivity contribution in [2.24, 2.45) is 11.3 Å². The van der Waals surface area contributed by atoms with Gasteiger partial charge in [-0.1, -0.05) is 23.8 Å². The van der Waals surface area contributed by atoms with Crippen LogP contribution in [0.5, 0.6) is 0 Å². The van der Waals surface area contributed by atoms with E-state index in [0.29, 0.717) is 19.3 Å². The second-order valence-electron chi connectivity index (χ2n) is 6.32. The van der Waals surface area contributed by atoms with E-state index in [-0.39, 0.29) is 31.3 Å². The standard InChI is InChI=1S/C19H28O5/c1-6-23-17(21)19(18(22)24-7-2)11-15(10-8-9-14(5)20)16(12-19)13(3)4/h10,16H,3,6-9,11-12H2,1-2,4-5H3/b15-10+. The minimum atomic E-state index is -1.31. The lowest BCUT2D eigenvalue weighted by Crippen LogP contribution is -2.40. The zero-order chi connectivity index (χ0) is 18.3. The molecule has 0 aromatic carbocycles. The predicted molar refractivity (Wildman–Crippen MR) is 91.2 cm³/mol. The summed E-state index contributed by atoms with van der Waals surface area (Å²) in [7, 11) is 0. The molecule has 0 N–H and O–H groups in total. The zero-order valence-electron chi connectivity index (χ0n) is 15.1. The second kappa shape index (κ2) is 8.81. The molecule has 24 heavy (non-hydrogen) atoms. The van der Waals surface area contributed by atoms with E-state index in [1.165, 1.54) is 0 Å². The minimum Gasteiger partial charge on any atom is -0.465 e. The molecule has 0 saturated heterocycles. The van der Waals surface area contributed by atoms with Crippen molar-refractivity contribution < 1.29 is 23.9 Å². The molecule has 1 fully saturated rings.